The van der Waals surface area contributed by atoms with Crippen molar-refractivity contribution < 1.29 is 4.79 Å². The standard InChI is InChI=1S/C23H26ClN5O/c1-15(2)13-27-23(30)16-5-9-29(10-6-16)22-19-4-7-25-14-18(19)11-20(28-22)17-3-8-26-21(24)12-17/h3-4,7-8,11-12,14-16H,5-6,9-10,13H2,1-2H3,(H,27,30). The van der Waals surface area contributed by atoms with Crippen LogP contribution in [0.25, 0.3) is 22.0 Å². The number of rotatable bonds is 5. The summed E-state index contributed by atoms with van der Waals surface area (Å²) >= 11 is 6.09. The SMILES string of the molecule is CC(C)CNC(=O)C1CCN(c2nc(-c3ccnc(Cl)c3)cc3cnccc23)CC1. The fourth-order valence-corrected chi connectivity index (χ4v) is 4.01. The van der Waals surface area contributed by atoms with E-state index in [4.69, 9.17) is 16.6 Å². The summed E-state index contributed by atoms with van der Waals surface area (Å²) in [7, 11) is 0. The predicted molar refractivity (Wildman–Crippen MR) is 121 cm³/mol. The van der Waals surface area contributed by atoms with Crippen molar-refractivity contribution >= 4 is 34.1 Å². The van der Waals surface area contributed by atoms with E-state index in [2.05, 4.69) is 34.0 Å². The lowest BCUT2D eigenvalue weighted by atomic mass is 9.95. The molecule has 0 aliphatic carbocycles. The number of hydrogen-bond donors (Lipinski definition) is 1. The number of halogens is 1. The molecule has 0 bridgehead atoms. The fraction of sp³-hybridized carbons (Fsp3) is 0.391. The highest BCUT2D eigenvalue weighted by atomic mass is 35.5. The van der Waals surface area contributed by atoms with Gasteiger partial charge in [-0.15, -0.1) is 0 Å². The Morgan fingerprint density at radius 1 is 1.23 bits per heavy atom. The Labute approximate surface area is 181 Å². The third kappa shape index (κ3) is 4.54. The lowest BCUT2D eigenvalue weighted by molar-refractivity contribution is -0.125. The van der Waals surface area contributed by atoms with Crippen LogP contribution < -0.4 is 10.2 Å². The first kappa shape index (κ1) is 20.5. The molecule has 1 amide bonds. The molecule has 156 valence electrons. The first-order valence-electron chi connectivity index (χ1n) is 10.4. The highest BCUT2D eigenvalue weighted by Gasteiger charge is 2.26. The maximum Gasteiger partial charge on any atom is 0.223 e. The van der Waals surface area contributed by atoms with Crippen LogP contribution in [0.5, 0.6) is 0 Å². The van der Waals surface area contributed by atoms with E-state index in [0.29, 0.717) is 11.1 Å². The summed E-state index contributed by atoms with van der Waals surface area (Å²) in [5.41, 5.74) is 1.76. The molecule has 0 saturated carbocycles. The van der Waals surface area contributed by atoms with Crippen molar-refractivity contribution in [2.24, 2.45) is 11.8 Å². The van der Waals surface area contributed by atoms with Crippen LogP contribution in [0.4, 0.5) is 5.82 Å². The van der Waals surface area contributed by atoms with Crippen molar-refractivity contribution in [2.45, 2.75) is 26.7 Å². The third-order valence-corrected chi connectivity index (χ3v) is 5.69. The molecule has 1 aliphatic rings. The minimum Gasteiger partial charge on any atom is -0.356 e. The number of amides is 1. The molecule has 4 heterocycles. The zero-order valence-electron chi connectivity index (χ0n) is 17.3. The minimum absolute atomic E-state index is 0.0649. The zero-order chi connectivity index (χ0) is 21.1. The molecule has 3 aromatic heterocycles. The number of nitrogens with zero attached hydrogens (tertiary/aromatic N) is 4. The molecule has 0 unspecified atom stereocenters. The van der Waals surface area contributed by atoms with Crippen molar-refractivity contribution in [3.63, 3.8) is 0 Å². The summed E-state index contributed by atoms with van der Waals surface area (Å²) in [6.45, 7) is 6.54. The minimum atomic E-state index is 0.0649. The van der Waals surface area contributed by atoms with Gasteiger partial charge in [0.25, 0.3) is 0 Å². The van der Waals surface area contributed by atoms with E-state index in [1.807, 2.05) is 30.5 Å². The second-order valence-electron chi connectivity index (χ2n) is 8.20. The third-order valence-electron chi connectivity index (χ3n) is 5.48. The lowest BCUT2D eigenvalue weighted by Gasteiger charge is -2.33. The molecule has 1 saturated heterocycles. The van der Waals surface area contributed by atoms with Gasteiger partial charge in [0.05, 0.1) is 5.69 Å². The maximum absolute atomic E-state index is 12.5. The van der Waals surface area contributed by atoms with Gasteiger partial charge in [-0.3, -0.25) is 9.78 Å². The van der Waals surface area contributed by atoms with E-state index in [1.165, 1.54) is 0 Å². The van der Waals surface area contributed by atoms with Gasteiger partial charge in [0, 0.05) is 60.5 Å². The molecule has 0 atom stereocenters. The Kier molecular flexibility index (Phi) is 6.13. The van der Waals surface area contributed by atoms with Crippen LogP contribution in [-0.2, 0) is 4.79 Å². The summed E-state index contributed by atoms with van der Waals surface area (Å²) in [6, 6.07) is 7.76. The monoisotopic (exact) mass is 423 g/mol. The molecule has 7 heteroatoms. The number of nitrogens with one attached hydrogen (secondary N) is 1. The van der Waals surface area contributed by atoms with Gasteiger partial charge in [-0.25, -0.2) is 9.97 Å². The lowest BCUT2D eigenvalue weighted by Crippen LogP contribution is -2.41. The zero-order valence-corrected chi connectivity index (χ0v) is 18.1. The van der Waals surface area contributed by atoms with Crippen LogP contribution >= 0.6 is 11.6 Å². The largest absolute Gasteiger partial charge is 0.356 e. The number of hydrogen-bond acceptors (Lipinski definition) is 5. The van der Waals surface area contributed by atoms with Gasteiger partial charge < -0.3 is 10.2 Å². The normalized spacial score (nSPS) is 15.0. The molecular formula is C23H26ClN5O. The van der Waals surface area contributed by atoms with Crippen molar-refractivity contribution in [1.82, 2.24) is 20.3 Å². The summed E-state index contributed by atoms with van der Waals surface area (Å²) in [5, 5.41) is 5.61. The highest BCUT2D eigenvalue weighted by Crippen LogP contribution is 2.32. The molecule has 0 spiro atoms. The van der Waals surface area contributed by atoms with Crippen LogP contribution in [-0.4, -0.2) is 40.5 Å². The van der Waals surface area contributed by atoms with E-state index in [1.54, 1.807) is 12.4 Å². The van der Waals surface area contributed by atoms with E-state index >= 15 is 0 Å². The van der Waals surface area contributed by atoms with Crippen molar-refractivity contribution in [1.29, 1.82) is 0 Å². The van der Waals surface area contributed by atoms with Gasteiger partial charge in [-0.1, -0.05) is 25.4 Å². The summed E-state index contributed by atoms with van der Waals surface area (Å²) < 4.78 is 0. The van der Waals surface area contributed by atoms with Crippen LogP contribution in [0.15, 0.2) is 42.9 Å². The number of carbonyl (C=O) groups excluding carboxylic acids is 1. The second kappa shape index (κ2) is 8.96. The smallest absolute Gasteiger partial charge is 0.223 e. The molecular weight excluding hydrogens is 398 g/mol. The van der Waals surface area contributed by atoms with E-state index in [-0.39, 0.29) is 11.8 Å². The van der Waals surface area contributed by atoms with Crippen molar-refractivity contribution in [3.05, 3.63) is 48.0 Å². The Morgan fingerprint density at radius 2 is 2.03 bits per heavy atom. The number of fused-ring (bicyclic) bond motifs is 1. The molecule has 0 aromatic carbocycles. The van der Waals surface area contributed by atoms with Crippen LogP contribution in [0.3, 0.4) is 0 Å². The summed E-state index contributed by atoms with van der Waals surface area (Å²) in [5.74, 6) is 1.63. The molecule has 3 aromatic rings. The number of anilines is 1. The number of piperidine rings is 1. The first-order chi connectivity index (χ1) is 14.5. The quantitative estimate of drug-likeness (QED) is 0.618. The predicted octanol–water partition coefficient (Wildman–Crippen LogP) is 4.33. The Hall–Kier alpha value is -2.73. The Bertz CT molecular complexity index is 1050. The Morgan fingerprint density at radius 3 is 2.77 bits per heavy atom. The maximum atomic E-state index is 12.5. The van der Waals surface area contributed by atoms with Crippen LogP contribution in [0.2, 0.25) is 5.15 Å². The summed E-state index contributed by atoms with van der Waals surface area (Å²) in [4.78, 5) is 28.1. The van der Waals surface area contributed by atoms with E-state index in [0.717, 1.165) is 60.3 Å². The Balaban J connectivity index is 1.59. The molecule has 30 heavy (non-hydrogen) atoms. The van der Waals surface area contributed by atoms with Crippen LogP contribution in [0.1, 0.15) is 26.7 Å². The fourth-order valence-electron chi connectivity index (χ4n) is 3.83. The van der Waals surface area contributed by atoms with Gasteiger partial charge in [0.2, 0.25) is 5.91 Å². The average Bonchev–Trinajstić information content (AvgIpc) is 2.77. The van der Waals surface area contributed by atoms with Crippen molar-refractivity contribution in [2.75, 3.05) is 24.5 Å². The second-order valence-corrected chi connectivity index (χ2v) is 8.58. The van der Waals surface area contributed by atoms with Gasteiger partial charge in [0.15, 0.2) is 0 Å². The molecule has 6 nitrogen and oxygen atoms in total. The number of pyridine rings is 3. The van der Waals surface area contributed by atoms with Gasteiger partial charge in [-0.2, -0.15) is 0 Å². The van der Waals surface area contributed by atoms with E-state index in [9.17, 15) is 4.79 Å². The van der Waals surface area contributed by atoms with Crippen LogP contribution in [0, 0.1) is 11.8 Å². The van der Waals surface area contributed by atoms with E-state index < -0.39 is 0 Å². The first-order valence-corrected chi connectivity index (χ1v) is 10.8. The molecule has 1 aliphatic heterocycles. The average molecular weight is 424 g/mol. The molecule has 4 rings (SSSR count). The number of aromatic nitrogens is 3. The van der Waals surface area contributed by atoms with Gasteiger partial charge in [0.1, 0.15) is 11.0 Å². The number of carbonyl (C=O) groups is 1. The molecule has 1 fully saturated rings. The summed E-state index contributed by atoms with van der Waals surface area (Å²) in [6.07, 6.45) is 6.99. The molecule has 0 radical (unpaired) electrons. The highest BCUT2D eigenvalue weighted by molar-refractivity contribution is 6.29. The molecule has 1 N–H and O–H groups in total. The van der Waals surface area contributed by atoms with Crippen molar-refractivity contribution in [3.8, 4) is 11.3 Å². The van der Waals surface area contributed by atoms with Gasteiger partial charge in [-0.05, 0) is 43.0 Å². The van der Waals surface area contributed by atoms with Gasteiger partial charge >= 0.3 is 0 Å². The topological polar surface area (TPSA) is 71.0 Å².